The maximum atomic E-state index is 10.1. The summed E-state index contributed by atoms with van der Waals surface area (Å²) in [6.07, 6.45) is 5.74. The van der Waals surface area contributed by atoms with Crippen LogP contribution in [-0.2, 0) is 18.6 Å². The van der Waals surface area contributed by atoms with E-state index in [2.05, 4.69) is 81.4 Å². The van der Waals surface area contributed by atoms with Crippen LogP contribution in [0.25, 0.3) is 0 Å². The molecule has 0 radical (unpaired) electrons. The Kier molecular flexibility index (Phi) is 9.31. The smallest absolute Gasteiger partial charge is 0.261 e. The molecule has 2 aromatic rings. The van der Waals surface area contributed by atoms with Crippen LogP contribution in [0.2, 0.25) is 5.04 Å². The van der Waals surface area contributed by atoms with E-state index in [1.54, 1.807) is 0 Å². The lowest BCUT2D eigenvalue weighted by Crippen LogP contribution is -2.68. The highest BCUT2D eigenvalue weighted by atomic mass is 28.4. The Hall–Kier alpha value is -1.54. The highest BCUT2D eigenvalue weighted by Gasteiger charge is 2.51. The summed E-state index contributed by atoms with van der Waals surface area (Å²) >= 11 is 0. The molecule has 0 saturated carbocycles. The molecule has 2 unspecified atom stereocenters. The third kappa shape index (κ3) is 6.91. The first-order valence-electron chi connectivity index (χ1n) is 14.0. The number of benzene rings is 2. The van der Waals surface area contributed by atoms with Gasteiger partial charge in [-0.1, -0.05) is 81.4 Å². The molecular weight excluding hydrogens is 480 g/mol. The SMILES string of the molecule is CC1(C)OCC(C[C@H]2CCCC(C[C@H](CCO)O[Si](c3ccccc3)(c3ccccc3)C(C)(C)C)O2)O1. The number of hydrogen-bond acceptors (Lipinski definition) is 5. The van der Waals surface area contributed by atoms with Gasteiger partial charge in [-0.05, 0) is 61.4 Å². The normalized spacial score (nSPS) is 25.2. The Balaban J connectivity index is 1.55. The van der Waals surface area contributed by atoms with Crippen molar-refractivity contribution in [2.24, 2.45) is 0 Å². The fourth-order valence-corrected chi connectivity index (χ4v) is 10.8. The molecular formula is C31H46O5Si. The van der Waals surface area contributed by atoms with Crippen molar-refractivity contribution in [3.8, 4) is 0 Å². The lowest BCUT2D eigenvalue weighted by atomic mass is 9.96. The molecule has 2 saturated heterocycles. The first-order valence-corrected chi connectivity index (χ1v) is 15.9. The molecule has 2 aliphatic heterocycles. The van der Waals surface area contributed by atoms with Gasteiger partial charge in [0, 0.05) is 13.0 Å². The third-order valence-corrected chi connectivity index (χ3v) is 12.9. The first kappa shape index (κ1) is 28.5. The molecule has 2 aromatic carbocycles. The van der Waals surface area contributed by atoms with Crippen molar-refractivity contribution in [3.63, 3.8) is 0 Å². The Morgan fingerprint density at radius 2 is 1.54 bits per heavy atom. The summed E-state index contributed by atoms with van der Waals surface area (Å²) in [5.41, 5.74) is 0. The van der Waals surface area contributed by atoms with Crippen LogP contribution in [0, 0.1) is 0 Å². The molecule has 0 aromatic heterocycles. The van der Waals surface area contributed by atoms with Gasteiger partial charge in [-0.3, -0.25) is 0 Å². The fourth-order valence-electron chi connectivity index (χ4n) is 6.10. The average molecular weight is 527 g/mol. The van der Waals surface area contributed by atoms with Crippen molar-refractivity contribution >= 4 is 18.7 Å². The summed E-state index contributed by atoms with van der Waals surface area (Å²) in [6.45, 7) is 11.6. The Morgan fingerprint density at radius 1 is 0.946 bits per heavy atom. The van der Waals surface area contributed by atoms with Crippen molar-refractivity contribution in [1.29, 1.82) is 0 Å². The minimum atomic E-state index is -2.70. The molecule has 204 valence electrons. The second-order valence-corrected chi connectivity index (χ2v) is 16.4. The van der Waals surface area contributed by atoms with Gasteiger partial charge in [0.25, 0.3) is 8.32 Å². The molecule has 0 aliphatic carbocycles. The fraction of sp³-hybridized carbons (Fsp3) is 0.613. The van der Waals surface area contributed by atoms with Crippen LogP contribution >= 0.6 is 0 Å². The van der Waals surface area contributed by atoms with Crippen molar-refractivity contribution < 1.29 is 23.7 Å². The third-order valence-electron chi connectivity index (χ3n) is 7.77. The van der Waals surface area contributed by atoms with E-state index in [4.69, 9.17) is 18.6 Å². The highest BCUT2D eigenvalue weighted by molar-refractivity contribution is 6.99. The maximum absolute atomic E-state index is 10.1. The summed E-state index contributed by atoms with van der Waals surface area (Å²) in [4.78, 5) is 0. The molecule has 4 rings (SSSR count). The summed E-state index contributed by atoms with van der Waals surface area (Å²) in [5.74, 6) is -0.505. The van der Waals surface area contributed by atoms with Crippen molar-refractivity contribution in [2.75, 3.05) is 13.2 Å². The Morgan fingerprint density at radius 3 is 2.05 bits per heavy atom. The van der Waals surface area contributed by atoms with Crippen LogP contribution in [0.1, 0.15) is 73.1 Å². The lowest BCUT2D eigenvalue weighted by Gasteiger charge is -2.46. The van der Waals surface area contributed by atoms with Gasteiger partial charge in [-0.15, -0.1) is 0 Å². The zero-order valence-corrected chi connectivity index (χ0v) is 24.3. The molecule has 2 fully saturated rings. The van der Waals surface area contributed by atoms with Gasteiger partial charge >= 0.3 is 0 Å². The summed E-state index contributed by atoms with van der Waals surface area (Å²) < 4.78 is 25.8. The van der Waals surface area contributed by atoms with E-state index >= 15 is 0 Å². The van der Waals surface area contributed by atoms with Crippen LogP contribution in [0.15, 0.2) is 60.7 Å². The predicted octanol–water partition coefficient (Wildman–Crippen LogP) is 5.18. The Labute approximate surface area is 224 Å². The Bertz CT molecular complexity index is 919. The molecule has 0 bridgehead atoms. The maximum Gasteiger partial charge on any atom is 0.261 e. The molecule has 1 N–H and O–H groups in total. The van der Waals surface area contributed by atoms with Gasteiger partial charge in [-0.2, -0.15) is 0 Å². The van der Waals surface area contributed by atoms with Gasteiger partial charge in [-0.25, -0.2) is 0 Å². The number of aliphatic hydroxyl groups is 1. The molecule has 6 heteroatoms. The summed E-state index contributed by atoms with van der Waals surface area (Å²) in [6, 6.07) is 21.5. The van der Waals surface area contributed by atoms with E-state index in [0.717, 1.165) is 32.1 Å². The molecule has 2 aliphatic rings. The minimum Gasteiger partial charge on any atom is -0.404 e. The summed E-state index contributed by atoms with van der Waals surface area (Å²) in [5, 5.41) is 12.5. The van der Waals surface area contributed by atoms with E-state index in [0.29, 0.717) is 13.0 Å². The largest absolute Gasteiger partial charge is 0.404 e. The molecule has 0 spiro atoms. The quantitative estimate of drug-likeness (QED) is 0.432. The van der Waals surface area contributed by atoms with E-state index in [9.17, 15) is 5.11 Å². The molecule has 4 atom stereocenters. The number of hydrogen-bond donors (Lipinski definition) is 1. The van der Waals surface area contributed by atoms with Crippen molar-refractivity contribution in [1.82, 2.24) is 0 Å². The second kappa shape index (κ2) is 12.1. The van der Waals surface area contributed by atoms with Crippen molar-refractivity contribution in [3.05, 3.63) is 60.7 Å². The van der Waals surface area contributed by atoms with Gasteiger partial charge in [0.15, 0.2) is 5.79 Å². The number of rotatable bonds is 10. The predicted molar refractivity (Wildman–Crippen MR) is 151 cm³/mol. The molecule has 0 amide bonds. The molecule has 5 nitrogen and oxygen atoms in total. The first-order chi connectivity index (χ1) is 17.6. The van der Waals surface area contributed by atoms with E-state index in [1.807, 2.05) is 13.8 Å². The van der Waals surface area contributed by atoms with Crippen LogP contribution < -0.4 is 10.4 Å². The zero-order chi connectivity index (χ0) is 26.5. The average Bonchev–Trinajstić information content (AvgIpc) is 3.21. The van der Waals surface area contributed by atoms with E-state index in [-0.39, 0.29) is 36.1 Å². The van der Waals surface area contributed by atoms with Gasteiger partial charge in [0.05, 0.1) is 31.0 Å². The van der Waals surface area contributed by atoms with Gasteiger partial charge in [0.1, 0.15) is 0 Å². The van der Waals surface area contributed by atoms with Crippen LogP contribution in [0.3, 0.4) is 0 Å². The van der Waals surface area contributed by atoms with Gasteiger partial charge in [0.2, 0.25) is 0 Å². The number of ether oxygens (including phenoxy) is 3. The zero-order valence-electron chi connectivity index (χ0n) is 23.3. The molecule has 37 heavy (non-hydrogen) atoms. The minimum absolute atomic E-state index is 0.0837. The van der Waals surface area contributed by atoms with Gasteiger partial charge < -0.3 is 23.7 Å². The highest BCUT2D eigenvalue weighted by Crippen LogP contribution is 2.39. The number of aliphatic hydroxyl groups excluding tert-OH is 1. The van der Waals surface area contributed by atoms with Crippen LogP contribution in [0.4, 0.5) is 0 Å². The topological polar surface area (TPSA) is 57.2 Å². The second-order valence-electron chi connectivity index (χ2n) is 12.1. The van der Waals surface area contributed by atoms with E-state index in [1.165, 1.54) is 10.4 Å². The van der Waals surface area contributed by atoms with Crippen LogP contribution in [0.5, 0.6) is 0 Å². The molecule has 2 heterocycles. The lowest BCUT2D eigenvalue weighted by molar-refractivity contribution is -0.147. The van der Waals surface area contributed by atoms with Crippen LogP contribution in [-0.4, -0.2) is 56.8 Å². The monoisotopic (exact) mass is 526 g/mol. The van der Waals surface area contributed by atoms with Crippen molar-refractivity contribution in [2.45, 2.75) is 108 Å². The van der Waals surface area contributed by atoms with E-state index < -0.39 is 14.1 Å². The standard InChI is InChI=1S/C31H46O5Si/c1-30(2,3)37(28-15-8-6-9-16-28,29-17-10-7-11-18-29)36-26(19-20-32)21-24-13-12-14-25(34-24)22-27-23-33-31(4,5)35-27/h6-11,15-18,24-27,32H,12-14,19-23H2,1-5H3/t24?,25-,26+,27?/m1/s1. The summed E-state index contributed by atoms with van der Waals surface area (Å²) in [7, 11) is -2.70.